The molecule has 0 aliphatic carbocycles. The maximum atomic E-state index is 3.57. The van der Waals surface area contributed by atoms with E-state index < -0.39 is 0 Å². The van der Waals surface area contributed by atoms with Gasteiger partial charge in [0, 0.05) is 23.0 Å². The molecule has 1 saturated heterocycles. The summed E-state index contributed by atoms with van der Waals surface area (Å²) in [6.45, 7) is 2.17. The number of halogens is 1. The van der Waals surface area contributed by atoms with E-state index >= 15 is 0 Å². The molecule has 1 N–H and O–H groups in total. The van der Waals surface area contributed by atoms with Gasteiger partial charge in [0.25, 0.3) is 0 Å². The lowest BCUT2D eigenvalue weighted by Crippen LogP contribution is -2.58. The Morgan fingerprint density at radius 3 is 2.76 bits per heavy atom. The molecule has 0 spiro atoms. The minimum Gasteiger partial charge on any atom is -0.315 e. The van der Waals surface area contributed by atoms with Crippen molar-refractivity contribution in [1.29, 1.82) is 0 Å². The molecule has 2 aromatic rings. The summed E-state index contributed by atoms with van der Waals surface area (Å²) >= 11 is 5.35. The van der Waals surface area contributed by atoms with Crippen LogP contribution in [0.3, 0.4) is 0 Å². The lowest BCUT2D eigenvalue weighted by atomic mass is 9.71. The summed E-state index contributed by atoms with van der Waals surface area (Å²) in [5, 5.41) is 7.85. The fourth-order valence-corrected chi connectivity index (χ4v) is 3.53. The van der Waals surface area contributed by atoms with Crippen LogP contribution in [0.2, 0.25) is 0 Å². The highest BCUT2D eigenvalue weighted by Gasteiger charge is 2.38. The van der Waals surface area contributed by atoms with E-state index in [0.29, 0.717) is 5.41 Å². The molecule has 17 heavy (non-hydrogen) atoms. The van der Waals surface area contributed by atoms with Crippen LogP contribution in [0.5, 0.6) is 0 Å². The highest BCUT2D eigenvalue weighted by molar-refractivity contribution is 9.10. The number of nitrogens with one attached hydrogen (secondary N) is 1. The van der Waals surface area contributed by atoms with Crippen LogP contribution in [0, 0.1) is 0 Å². The Hall–Kier alpha value is -0.640. The quantitative estimate of drug-likeness (QED) is 0.913. The highest BCUT2D eigenvalue weighted by Crippen LogP contribution is 2.34. The Bertz CT molecular complexity index is 503. The van der Waals surface area contributed by atoms with Crippen molar-refractivity contribution in [2.75, 3.05) is 13.1 Å². The zero-order chi connectivity index (χ0) is 11.7. The second kappa shape index (κ2) is 4.56. The van der Waals surface area contributed by atoms with Crippen LogP contribution in [-0.4, -0.2) is 13.1 Å². The minimum atomic E-state index is 0.296. The maximum absolute atomic E-state index is 3.57. The Balaban J connectivity index is 1.92. The van der Waals surface area contributed by atoms with Gasteiger partial charge >= 0.3 is 0 Å². The Kier molecular flexibility index (Phi) is 3.07. The highest BCUT2D eigenvalue weighted by atomic mass is 79.9. The molecular formula is C14H14BrNS. The molecular weight excluding hydrogens is 294 g/mol. The van der Waals surface area contributed by atoms with E-state index in [1.807, 2.05) is 0 Å². The van der Waals surface area contributed by atoms with Crippen molar-refractivity contribution in [2.24, 2.45) is 0 Å². The van der Waals surface area contributed by atoms with Crippen molar-refractivity contribution < 1.29 is 0 Å². The van der Waals surface area contributed by atoms with Crippen molar-refractivity contribution in [3.05, 3.63) is 56.7 Å². The molecule has 0 amide bonds. The fraction of sp³-hybridized carbons (Fsp3) is 0.286. The zero-order valence-corrected chi connectivity index (χ0v) is 11.9. The molecule has 1 aromatic carbocycles. The van der Waals surface area contributed by atoms with Gasteiger partial charge in [0.2, 0.25) is 0 Å². The third-order valence-electron chi connectivity index (χ3n) is 3.49. The predicted octanol–water partition coefficient (Wildman–Crippen LogP) is 3.59. The summed E-state index contributed by atoms with van der Waals surface area (Å²) in [6.07, 6.45) is 1.14. The minimum absolute atomic E-state index is 0.296. The molecule has 0 bridgehead atoms. The van der Waals surface area contributed by atoms with Gasteiger partial charge in [0.05, 0.1) is 0 Å². The first-order valence-electron chi connectivity index (χ1n) is 5.76. The maximum Gasteiger partial charge on any atom is 0.0243 e. The van der Waals surface area contributed by atoms with Gasteiger partial charge in [-0.05, 0) is 46.5 Å². The Morgan fingerprint density at radius 2 is 2.18 bits per heavy atom. The molecule has 3 rings (SSSR count). The predicted molar refractivity (Wildman–Crippen MR) is 76.7 cm³/mol. The Labute approximate surface area is 114 Å². The lowest BCUT2D eigenvalue weighted by Gasteiger charge is -2.43. The normalized spacial score (nSPS) is 17.7. The van der Waals surface area contributed by atoms with Gasteiger partial charge in [-0.15, -0.1) is 0 Å². The van der Waals surface area contributed by atoms with Crippen molar-refractivity contribution in [1.82, 2.24) is 5.32 Å². The number of rotatable bonds is 3. The lowest BCUT2D eigenvalue weighted by molar-refractivity contribution is 0.275. The van der Waals surface area contributed by atoms with Gasteiger partial charge in [-0.1, -0.05) is 28.1 Å². The van der Waals surface area contributed by atoms with Crippen molar-refractivity contribution in [2.45, 2.75) is 11.8 Å². The molecule has 3 heteroatoms. The Morgan fingerprint density at radius 1 is 1.29 bits per heavy atom. The zero-order valence-electron chi connectivity index (χ0n) is 9.45. The van der Waals surface area contributed by atoms with E-state index in [2.05, 4.69) is 62.3 Å². The summed E-state index contributed by atoms with van der Waals surface area (Å²) in [4.78, 5) is 0. The van der Waals surface area contributed by atoms with Crippen LogP contribution in [-0.2, 0) is 11.8 Å². The SMILES string of the molecule is Brc1cccc(C2(Cc3ccsc3)CNC2)c1. The number of hydrogen-bond donors (Lipinski definition) is 1. The van der Waals surface area contributed by atoms with Gasteiger partial charge < -0.3 is 5.32 Å². The fourth-order valence-electron chi connectivity index (χ4n) is 2.46. The summed E-state index contributed by atoms with van der Waals surface area (Å²) in [5.74, 6) is 0. The number of benzene rings is 1. The van der Waals surface area contributed by atoms with Crippen LogP contribution in [0.4, 0.5) is 0 Å². The van der Waals surface area contributed by atoms with Gasteiger partial charge in [0.1, 0.15) is 0 Å². The van der Waals surface area contributed by atoms with E-state index in [1.54, 1.807) is 11.3 Å². The average molecular weight is 308 g/mol. The van der Waals surface area contributed by atoms with Gasteiger partial charge in [-0.2, -0.15) is 11.3 Å². The average Bonchev–Trinajstić information content (AvgIpc) is 2.76. The van der Waals surface area contributed by atoms with E-state index in [4.69, 9.17) is 0 Å². The summed E-state index contributed by atoms with van der Waals surface area (Å²) < 4.78 is 1.17. The summed E-state index contributed by atoms with van der Waals surface area (Å²) in [7, 11) is 0. The molecule has 0 atom stereocenters. The second-order valence-corrected chi connectivity index (χ2v) is 6.40. The molecule has 1 fully saturated rings. The summed E-state index contributed by atoms with van der Waals surface area (Å²) in [6, 6.07) is 11.0. The van der Waals surface area contributed by atoms with Crippen molar-refractivity contribution in [3.63, 3.8) is 0 Å². The summed E-state index contributed by atoms with van der Waals surface area (Å²) in [5.41, 5.74) is 3.19. The van der Waals surface area contributed by atoms with Crippen LogP contribution in [0.1, 0.15) is 11.1 Å². The molecule has 0 radical (unpaired) electrons. The van der Waals surface area contributed by atoms with E-state index in [9.17, 15) is 0 Å². The molecule has 88 valence electrons. The molecule has 1 aliphatic heterocycles. The van der Waals surface area contributed by atoms with E-state index in [1.165, 1.54) is 15.6 Å². The van der Waals surface area contributed by atoms with Gasteiger partial charge in [0.15, 0.2) is 0 Å². The molecule has 1 nitrogen and oxygen atoms in total. The molecule has 2 heterocycles. The van der Waals surface area contributed by atoms with E-state index in [0.717, 1.165) is 19.5 Å². The van der Waals surface area contributed by atoms with Crippen molar-refractivity contribution >= 4 is 27.3 Å². The first-order valence-corrected chi connectivity index (χ1v) is 7.50. The van der Waals surface area contributed by atoms with Gasteiger partial charge in [-0.25, -0.2) is 0 Å². The molecule has 0 unspecified atom stereocenters. The van der Waals surface area contributed by atoms with Gasteiger partial charge in [-0.3, -0.25) is 0 Å². The third kappa shape index (κ3) is 2.19. The van der Waals surface area contributed by atoms with Crippen LogP contribution in [0.25, 0.3) is 0 Å². The topological polar surface area (TPSA) is 12.0 Å². The molecule has 1 aliphatic rings. The molecule has 1 aromatic heterocycles. The van der Waals surface area contributed by atoms with Crippen LogP contribution in [0.15, 0.2) is 45.6 Å². The second-order valence-electron chi connectivity index (χ2n) is 4.70. The van der Waals surface area contributed by atoms with Crippen LogP contribution < -0.4 is 5.32 Å². The first-order chi connectivity index (χ1) is 8.28. The molecule has 0 saturated carbocycles. The van der Waals surface area contributed by atoms with Crippen LogP contribution >= 0.6 is 27.3 Å². The standard InChI is InChI=1S/C14H14BrNS/c15-13-3-1-2-12(6-13)14(9-16-10-14)7-11-4-5-17-8-11/h1-6,8,16H,7,9-10H2. The van der Waals surface area contributed by atoms with Crippen molar-refractivity contribution in [3.8, 4) is 0 Å². The van der Waals surface area contributed by atoms with E-state index in [-0.39, 0.29) is 0 Å². The number of thiophene rings is 1. The first kappa shape index (κ1) is 11.5. The number of hydrogen-bond acceptors (Lipinski definition) is 2. The monoisotopic (exact) mass is 307 g/mol. The smallest absolute Gasteiger partial charge is 0.0243 e. The largest absolute Gasteiger partial charge is 0.315 e. The third-order valence-corrected chi connectivity index (χ3v) is 4.71.